The number of allylic oxidation sites excluding steroid dienone is 2. The highest BCUT2D eigenvalue weighted by molar-refractivity contribution is 6.15. The van der Waals surface area contributed by atoms with Crippen molar-refractivity contribution in [1.29, 1.82) is 0 Å². The van der Waals surface area contributed by atoms with Gasteiger partial charge in [-0.1, -0.05) is 142 Å². The molecule has 1 aromatic heterocycles. The Balaban J connectivity index is 1.22. The summed E-state index contributed by atoms with van der Waals surface area (Å²) in [5.41, 5.74) is 15.8. The highest BCUT2D eigenvalue weighted by atomic mass is 16.3. The second kappa shape index (κ2) is 15.9. The maximum atomic E-state index is 6.98. The third-order valence-corrected chi connectivity index (χ3v) is 13.3. The van der Waals surface area contributed by atoms with Gasteiger partial charge in [-0.05, 0) is 165 Å². The zero-order chi connectivity index (χ0) is 44.5. The van der Waals surface area contributed by atoms with Gasteiger partial charge in [0.1, 0.15) is 11.2 Å². The Labute approximate surface area is 375 Å². The Hall–Kier alpha value is -6.06. The van der Waals surface area contributed by atoms with E-state index in [0.29, 0.717) is 0 Å². The average Bonchev–Trinajstić information content (AvgIpc) is 3.57. The molecule has 3 nitrogen and oxygen atoms in total. The Morgan fingerprint density at radius 3 is 1.57 bits per heavy atom. The van der Waals surface area contributed by atoms with Gasteiger partial charge in [-0.25, -0.2) is 0 Å². The minimum Gasteiger partial charge on any atom is -0.456 e. The van der Waals surface area contributed by atoms with E-state index in [-0.39, 0.29) is 28.7 Å². The molecule has 63 heavy (non-hydrogen) atoms. The highest BCUT2D eigenvalue weighted by Crippen LogP contribution is 2.47. The fourth-order valence-electron chi connectivity index (χ4n) is 9.99. The molecule has 1 aliphatic rings. The molecule has 0 N–H and O–H groups in total. The minimum atomic E-state index is 0.0734. The van der Waals surface area contributed by atoms with Gasteiger partial charge in [-0.3, -0.25) is 0 Å². The van der Waals surface area contributed by atoms with Gasteiger partial charge in [0.05, 0.1) is 11.7 Å². The fraction of sp³-hybridized carbons (Fsp3) is 0.300. The molecule has 0 saturated carbocycles. The third-order valence-electron chi connectivity index (χ3n) is 13.3. The van der Waals surface area contributed by atoms with Gasteiger partial charge in [-0.15, -0.1) is 0 Å². The third kappa shape index (κ3) is 7.86. The van der Waals surface area contributed by atoms with E-state index in [9.17, 15) is 0 Å². The zero-order valence-electron chi connectivity index (χ0n) is 39.5. The van der Waals surface area contributed by atoms with Crippen LogP contribution in [0, 0.1) is 6.92 Å². The number of rotatable bonds is 8. The van der Waals surface area contributed by atoms with E-state index in [1.54, 1.807) is 0 Å². The van der Waals surface area contributed by atoms with Crippen molar-refractivity contribution in [1.82, 2.24) is 0 Å². The van der Waals surface area contributed by atoms with Gasteiger partial charge in [0.15, 0.2) is 0 Å². The molecule has 1 aliphatic carbocycles. The van der Waals surface area contributed by atoms with Crippen LogP contribution in [0.1, 0.15) is 122 Å². The van der Waals surface area contributed by atoms with Crippen LogP contribution in [0.3, 0.4) is 0 Å². The van der Waals surface area contributed by atoms with Crippen molar-refractivity contribution in [3.63, 3.8) is 0 Å². The quantitative estimate of drug-likeness (QED) is 0.152. The van der Waals surface area contributed by atoms with Crippen LogP contribution in [0.15, 0.2) is 150 Å². The Kier molecular flexibility index (Phi) is 10.7. The summed E-state index contributed by atoms with van der Waals surface area (Å²) < 4.78 is 6.98. The molecule has 3 heteroatoms. The van der Waals surface area contributed by atoms with E-state index >= 15 is 0 Å². The van der Waals surface area contributed by atoms with Crippen molar-refractivity contribution in [2.24, 2.45) is 0 Å². The maximum absolute atomic E-state index is 6.98. The number of anilines is 5. The second-order valence-electron chi connectivity index (χ2n) is 20.8. The normalized spacial score (nSPS) is 14.8. The first-order valence-corrected chi connectivity index (χ1v) is 23.1. The summed E-state index contributed by atoms with van der Waals surface area (Å²) in [4.78, 5) is 5.02. The lowest BCUT2D eigenvalue weighted by Crippen LogP contribution is -2.31. The molecule has 0 bridgehead atoms. The van der Waals surface area contributed by atoms with Crippen LogP contribution < -0.4 is 9.80 Å². The number of hydrogen-bond acceptors (Lipinski definition) is 3. The Bertz CT molecular complexity index is 3070. The molecule has 1 unspecified atom stereocenters. The topological polar surface area (TPSA) is 19.6 Å². The number of hydrogen-bond donors (Lipinski definition) is 0. The summed E-state index contributed by atoms with van der Waals surface area (Å²) >= 11 is 0. The molecule has 0 aliphatic heterocycles. The number of aryl methyl sites for hydroxylation is 1. The van der Waals surface area contributed by atoms with Gasteiger partial charge in [0.25, 0.3) is 0 Å². The molecule has 320 valence electrons. The molecule has 0 radical (unpaired) electrons. The van der Waals surface area contributed by atoms with E-state index in [2.05, 4.69) is 232 Å². The lowest BCUT2D eigenvalue weighted by molar-refractivity contribution is 0.590. The predicted octanol–water partition coefficient (Wildman–Crippen LogP) is 17.9. The Morgan fingerprint density at radius 1 is 0.540 bits per heavy atom. The van der Waals surface area contributed by atoms with Gasteiger partial charge < -0.3 is 14.2 Å². The van der Waals surface area contributed by atoms with Crippen molar-refractivity contribution in [2.45, 2.75) is 118 Å². The van der Waals surface area contributed by atoms with E-state index in [1.807, 2.05) is 0 Å². The van der Waals surface area contributed by atoms with E-state index in [4.69, 9.17) is 4.42 Å². The summed E-state index contributed by atoms with van der Waals surface area (Å²) in [6.07, 6.45) is 7.96. The number of nitrogens with zero attached hydrogens (tertiary/aromatic N) is 2. The molecule has 1 atom stereocenters. The van der Waals surface area contributed by atoms with Gasteiger partial charge >= 0.3 is 0 Å². The summed E-state index contributed by atoms with van der Waals surface area (Å²) in [7, 11) is 0. The van der Waals surface area contributed by atoms with Crippen molar-refractivity contribution in [3.05, 3.63) is 173 Å². The van der Waals surface area contributed by atoms with Crippen molar-refractivity contribution in [2.75, 3.05) is 9.80 Å². The first-order valence-electron chi connectivity index (χ1n) is 23.1. The first-order chi connectivity index (χ1) is 30.0. The SMILES string of the molecule is CC1=CC(N(c2ccc(C(C)(C)C)cc2)c2ccc3cc4c(cc3c2C(C)C)oc2cc3c(C(C)C)c(N(c5ccc(C(C)(C)C)cc5)c5cccc(C)c5)ccc3cc24)CC=C1. The second-order valence-corrected chi connectivity index (χ2v) is 20.8. The van der Waals surface area contributed by atoms with Gasteiger partial charge in [-0.2, -0.15) is 0 Å². The smallest absolute Gasteiger partial charge is 0.136 e. The van der Waals surface area contributed by atoms with Crippen LogP contribution in [0.4, 0.5) is 28.4 Å². The van der Waals surface area contributed by atoms with Crippen LogP contribution >= 0.6 is 0 Å². The fourth-order valence-corrected chi connectivity index (χ4v) is 9.99. The number of furan rings is 1. The standard InChI is InChI=1S/C60H64N2O/c1-37(2)57-49-35-55-51(33-41(49)19-29-53(57)61(47-17-13-15-39(5)31-47)45-25-21-43(22-26-45)59(7,8)9)52-34-42-20-30-54(58(38(3)4)50(42)36-56(52)63-55)62(48-18-14-16-40(6)32-48)46-27-23-44(24-28-46)60(10,11)12/h13-17,19-38,48H,18H2,1-12H3. The molecular formula is C60H64N2O. The molecule has 0 saturated heterocycles. The van der Waals surface area contributed by atoms with E-state index in [0.717, 1.165) is 39.7 Å². The summed E-state index contributed by atoms with van der Waals surface area (Å²) in [6, 6.07) is 46.2. The first kappa shape index (κ1) is 42.3. The number of benzene rings is 7. The van der Waals surface area contributed by atoms with Crippen molar-refractivity contribution >= 4 is 71.9 Å². The van der Waals surface area contributed by atoms with Crippen LogP contribution in [-0.2, 0) is 10.8 Å². The molecular weight excluding hydrogens is 765 g/mol. The molecule has 1 heterocycles. The van der Waals surface area contributed by atoms with Crippen LogP contribution in [0.5, 0.6) is 0 Å². The molecule has 9 rings (SSSR count). The number of fused-ring (bicyclic) bond motifs is 5. The zero-order valence-corrected chi connectivity index (χ0v) is 39.5. The molecule has 7 aromatic carbocycles. The van der Waals surface area contributed by atoms with Crippen molar-refractivity contribution < 1.29 is 4.42 Å². The lowest BCUT2D eigenvalue weighted by Gasteiger charge is -2.36. The monoisotopic (exact) mass is 829 g/mol. The lowest BCUT2D eigenvalue weighted by atomic mass is 9.86. The average molecular weight is 829 g/mol. The Morgan fingerprint density at radius 2 is 1.06 bits per heavy atom. The summed E-state index contributed by atoms with van der Waals surface area (Å²) in [5.74, 6) is 0.536. The maximum Gasteiger partial charge on any atom is 0.136 e. The molecule has 0 amide bonds. The van der Waals surface area contributed by atoms with Gasteiger partial charge in [0, 0.05) is 33.5 Å². The molecule has 0 fully saturated rings. The van der Waals surface area contributed by atoms with Crippen LogP contribution in [0.2, 0.25) is 0 Å². The minimum absolute atomic E-state index is 0.0734. The van der Waals surface area contributed by atoms with Crippen molar-refractivity contribution in [3.8, 4) is 0 Å². The predicted molar refractivity (Wildman–Crippen MR) is 274 cm³/mol. The van der Waals surface area contributed by atoms with E-state index < -0.39 is 0 Å². The van der Waals surface area contributed by atoms with E-state index in [1.165, 1.54) is 72.0 Å². The summed E-state index contributed by atoms with van der Waals surface area (Å²) in [6.45, 7) is 27.4. The highest BCUT2D eigenvalue weighted by Gasteiger charge is 2.27. The molecule has 8 aromatic rings. The van der Waals surface area contributed by atoms with Gasteiger partial charge in [0.2, 0.25) is 0 Å². The summed E-state index contributed by atoms with van der Waals surface area (Å²) in [5, 5.41) is 7.24. The van der Waals surface area contributed by atoms with Crippen LogP contribution in [-0.4, -0.2) is 6.04 Å². The van der Waals surface area contributed by atoms with Crippen LogP contribution in [0.25, 0.3) is 43.5 Å². The molecule has 0 spiro atoms. The largest absolute Gasteiger partial charge is 0.456 e.